The fraction of sp³-hybridized carbons (Fsp3) is 0.0909. The molecule has 0 aliphatic heterocycles. The van der Waals surface area contributed by atoms with Crippen LogP contribution in [0.1, 0.15) is 16.2 Å². The van der Waals surface area contributed by atoms with Gasteiger partial charge < -0.3 is 4.52 Å². The zero-order valence-electron chi connectivity index (χ0n) is 9.09. The maximum atomic E-state index is 12.7. The summed E-state index contributed by atoms with van der Waals surface area (Å²) in [4.78, 5) is 11.9. The van der Waals surface area contributed by atoms with Gasteiger partial charge in [-0.25, -0.2) is 9.87 Å². The van der Waals surface area contributed by atoms with Crippen molar-refractivity contribution in [3.8, 4) is 0 Å². The van der Waals surface area contributed by atoms with Crippen molar-refractivity contribution in [1.82, 2.24) is 10.6 Å². The number of hydroxylamine groups is 1. The van der Waals surface area contributed by atoms with Crippen molar-refractivity contribution in [1.29, 1.82) is 0 Å². The maximum Gasteiger partial charge on any atom is 0.296 e. The van der Waals surface area contributed by atoms with E-state index in [1.54, 1.807) is 12.1 Å². The van der Waals surface area contributed by atoms with Crippen LogP contribution in [0.5, 0.6) is 0 Å². The second-order valence-electron chi connectivity index (χ2n) is 3.36. The molecule has 7 heteroatoms. The van der Waals surface area contributed by atoms with Crippen LogP contribution in [-0.2, 0) is 5.75 Å². The highest BCUT2D eigenvalue weighted by atomic mass is 32.2. The molecule has 1 aromatic heterocycles. The largest absolute Gasteiger partial charge is 0.360 e. The molecule has 2 N–H and O–H groups in total. The molecule has 0 atom stereocenters. The van der Waals surface area contributed by atoms with E-state index in [0.29, 0.717) is 11.5 Å². The number of halogens is 1. The van der Waals surface area contributed by atoms with Crippen LogP contribution in [0.2, 0.25) is 0 Å². The molecule has 0 aliphatic rings. The third-order valence-corrected chi connectivity index (χ3v) is 3.12. The second-order valence-corrected chi connectivity index (χ2v) is 4.41. The van der Waals surface area contributed by atoms with Gasteiger partial charge in [0.1, 0.15) is 11.6 Å². The molecule has 0 radical (unpaired) electrons. The maximum absolute atomic E-state index is 12.7. The first-order valence-corrected chi connectivity index (χ1v) is 5.96. The summed E-state index contributed by atoms with van der Waals surface area (Å²) in [6, 6.07) is 7.47. The van der Waals surface area contributed by atoms with Gasteiger partial charge in [-0.3, -0.25) is 10.0 Å². The molecule has 0 bridgehead atoms. The normalized spacial score (nSPS) is 10.3. The first-order valence-electron chi connectivity index (χ1n) is 4.97. The summed E-state index contributed by atoms with van der Waals surface area (Å²) in [6.07, 6.45) is 0. The number of hydrogen-bond acceptors (Lipinski definition) is 5. The number of benzene rings is 1. The number of thioether (sulfide) groups is 1. The molecule has 0 spiro atoms. The van der Waals surface area contributed by atoms with E-state index in [0.717, 1.165) is 4.90 Å². The van der Waals surface area contributed by atoms with E-state index >= 15 is 0 Å². The van der Waals surface area contributed by atoms with E-state index in [1.165, 1.54) is 35.4 Å². The SMILES string of the molecule is O=C(NO)c1cc(CSc2ccc(F)cc2)on1. The highest BCUT2D eigenvalue weighted by Gasteiger charge is 2.11. The van der Waals surface area contributed by atoms with E-state index in [4.69, 9.17) is 9.73 Å². The van der Waals surface area contributed by atoms with Gasteiger partial charge in [-0.1, -0.05) is 5.16 Å². The van der Waals surface area contributed by atoms with E-state index < -0.39 is 5.91 Å². The number of hydrogen-bond donors (Lipinski definition) is 2. The average Bonchev–Trinajstić information content (AvgIpc) is 2.86. The Kier molecular flexibility index (Phi) is 3.96. The Morgan fingerprint density at radius 2 is 2.17 bits per heavy atom. The molecule has 18 heavy (non-hydrogen) atoms. The molecular formula is C11H9FN2O3S. The minimum Gasteiger partial charge on any atom is -0.360 e. The Hall–Kier alpha value is -1.86. The predicted molar refractivity (Wildman–Crippen MR) is 61.7 cm³/mol. The van der Waals surface area contributed by atoms with Crippen molar-refractivity contribution >= 4 is 17.7 Å². The summed E-state index contributed by atoms with van der Waals surface area (Å²) >= 11 is 1.42. The van der Waals surface area contributed by atoms with Gasteiger partial charge in [-0.2, -0.15) is 0 Å². The summed E-state index contributed by atoms with van der Waals surface area (Å²) in [6.45, 7) is 0. The predicted octanol–water partition coefficient (Wildman–Crippen LogP) is 2.23. The lowest BCUT2D eigenvalue weighted by molar-refractivity contribution is 0.0696. The van der Waals surface area contributed by atoms with Crippen LogP contribution in [0, 0.1) is 5.82 Å². The summed E-state index contributed by atoms with van der Waals surface area (Å²) in [5.41, 5.74) is 1.47. The second kappa shape index (κ2) is 5.65. The quantitative estimate of drug-likeness (QED) is 0.505. The molecule has 5 nitrogen and oxygen atoms in total. The fourth-order valence-corrected chi connectivity index (χ4v) is 2.00. The van der Waals surface area contributed by atoms with Crippen molar-refractivity contribution in [3.05, 3.63) is 47.6 Å². The van der Waals surface area contributed by atoms with Crippen LogP contribution in [0.3, 0.4) is 0 Å². The molecular weight excluding hydrogens is 259 g/mol. The molecule has 2 rings (SSSR count). The summed E-state index contributed by atoms with van der Waals surface area (Å²) < 4.78 is 17.6. The lowest BCUT2D eigenvalue weighted by Crippen LogP contribution is -2.18. The number of amides is 1. The summed E-state index contributed by atoms with van der Waals surface area (Å²) in [5.74, 6) is -0.0715. The number of nitrogens with one attached hydrogen (secondary N) is 1. The van der Waals surface area contributed by atoms with Gasteiger partial charge in [0, 0.05) is 11.0 Å². The molecule has 94 valence electrons. The third kappa shape index (κ3) is 3.08. The first kappa shape index (κ1) is 12.6. The van der Waals surface area contributed by atoms with Crippen LogP contribution >= 0.6 is 11.8 Å². The molecule has 0 aliphatic carbocycles. The number of rotatable bonds is 4. The lowest BCUT2D eigenvalue weighted by atomic mass is 10.3. The topological polar surface area (TPSA) is 75.4 Å². The Bertz CT molecular complexity index is 541. The number of nitrogens with zero attached hydrogens (tertiary/aromatic N) is 1. The minimum absolute atomic E-state index is 0.00667. The Morgan fingerprint density at radius 3 is 2.83 bits per heavy atom. The molecule has 0 saturated carbocycles. The zero-order chi connectivity index (χ0) is 13.0. The van der Waals surface area contributed by atoms with Gasteiger partial charge in [0.05, 0.1) is 5.75 Å². The smallest absolute Gasteiger partial charge is 0.296 e. The van der Waals surface area contributed by atoms with Gasteiger partial charge in [-0.15, -0.1) is 11.8 Å². The zero-order valence-corrected chi connectivity index (χ0v) is 9.91. The molecule has 0 fully saturated rings. The fourth-order valence-electron chi connectivity index (χ4n) is 1.23. The standard InChI is InChI=1S/C11H9FN2O3S/c12-7-1-3-9(4-2-7)18-6-8-5-10(14-17-8)11(15)13-16/h1-5,16H,6H2,(H,13,15). The number of aromatic nitrogens is 1. The Balaban J connectivity index is 1.96. The highest BCUT2D eigenvalue weighted by molar-refractivity contribution is 7.98. The van der Waals surface area contributed by atoms with Crippen LogP contribution in [-0.4, -0.2) is 16.3 Å². The molecule has 2 aromatic rings. The molecule has 0 saturated heterocycles. The molecule has 1 aromatic carbocycles. The number of carbonyl (C=O) groups is 1. The number of carbonyl (C=O) groups excluding carboxylic acids is 1. The van der Waals surface area contributed by atoms with Crippen molar-refractivity contribution in [2.75, 3.05) is 0 Å². The average molecular weight is 268 g/mol. The van der Waals surface area contributed by atoms with Crippen LogP contribution in [0.4, 0.5) is 4.39 Å². The first-order chi connectivity index (χ1) is 8.69. The van der Waals surface area contributed by atoms with Gasteiger partial charge in [0.25, 0.3) is 5.91 Å². The van der Waals surface area contributed by atoms with Gasteiger partial charge >= 0.3 is 0 Å². The molecule has 0 unspecified atom stereocenters. The van der Waals surface area contributed by atoms with Crippen LogP contribution in [0.25, 0.3) is 0 Å². The Labute approximate surface area is 106 Å². The minimum atomic E-state index is -0.725. The van der Waals surface area contributed by atoms with Gasteiger partial charge in [0.2, 0.25) is 0 Å². The van der Waals surface area contributed by atoms with E-state index in [-0.39, 0.29) is 11.5 Å². The van der Waals surface area contributed by atoms with Gasteiger partial charge in [-0.05, 0) is 24.3 Å². The van der Waals surface area contributed by atoms with Crippen molar-refractivity contribution in [2.24, 2.45) is 0 Å². The Morgan fingerprint density at radius 1 is 1.44 bits per heavy atom. The summed E-state index contributed by atoms with van der Waals surface area (Å²) in [7, 11) is 0. The molecule has 1 amide bonds. The third-order valence-electron chi connectivity index (χ3n) is 2.09. The van der Waals surface area contributed by atoms with Crippen LogP contribution < -0.4 is 5.48 Å². The summed E-state index contributed by atoms with van der Waals surface area (Å²) in [5, 5.41) is 11.9. The van der Waals surface area contributed by atoms with Crippen molar-refractivity contribution in [2.45, 2.75) is 10.6 Å². The van der Waals surface area contributed by atoms with Crippen LogP contribution in [0.15, 0.2) is 39.8 Å². The lowest BCUT2D eigenvalue weighted by Gasteiger charge is -1.97. The highest BCUT2D eigenvalue weighted by Crippen LogP contribution is 2.23. The monoisotopic (exact) mass is 268 g/mol. The van der Waals surface area contributed by atoms with E-state index in [2.05, 4.69) is 5.16 Å². The van der Waals surface area contributed by atoms with E-state index in [9.17, 15) is 9.18 Å². The van der Waals surface area contributed by atoms with Crippen molar-refractivity contribution < 1.29 is 18.9 Å². The molecule has 1 heterocycles. The van der Waals surface area contributed by atoms with Crippen molar-refractivity contribution in [3.63, 3.8) is 0 Å². The van der Waals surface area contributed by atoms with E-state index in [1.807, 2.05) is 0 Å². The van der Waals surface area contributed by atoms with Gasteiger partial charge in [0.15, 0.2) is 5.69 Å².